The Morgan fingerprint density at radius 3 is 2.77 bits per heavy atom. The van der Waals surface area contributed by atoms with Crippen molar-refractivity contribution in [3.05, 3.63) is 54.9 Å². The topological polar surface area (TPSA) is 50.7 Å². The molecule has 0 saturated carbocycles. The summed E-state index contributed by atoms with van der Waals surface area (Å²) in [6.07, 6.45) is 1.52. The van der Waals surface area contributed by atoms with Gasteiger partial charge in [0, 0.05) is 11.6 Å². The average Bonchev–Trinajstić information content (AvgIpc) is 2.99. The molecule has 0 atom stereocenters. The molecule has 0 radical (unpaired) electrons. The van der Waals surface area contributed by atoms with E-state index in [1.807, 2.05) is 6.07 Å². The second-order valence-corrected chi connectivity index (χ2v) is 7.93. The molecule has 4 aromatic rings. The monoisotopic (exact) mass is 441 g/mol. The number of nitrogens with one attached hydrogen (secondary N) is 1. The minimum absolute atomic E-state index is 0.219. The zero-order valence-corrected chi connectivity index (χ0v) is 14.7. The molecule has 0 bridgehead atoms. The zero-order chi connectivity index (χ0) is 15.4. The first-order chi connectivity index (χ1) is 10.5. The van der Waals surface area contributed by atoms with Crippen LogP contribution >= 0.6 is 43.2 Å². The lowest BCUT2D eigenvalue weighted by Crippen LogP contribution is -2.13. The highest BCUT2D eigenvalue weighted by atomic mass is 79.9. The van der Waals surface area contributed by atoms with Gasteiger partial charge in [-0.05, 0) is 56.1 Å². The molecular formula is C14H6Br2FN3OS. The van der Waals surface area contributed by atoms with Crippen LogP contribution in [0.1, 0.15) is 0 Å². The van der Waals surface area contributed by atoms with E-state index in [1.165, 1.54) is 34.3 Å². The molecule has 22 heavy (non-hydrogen) atoms. The summed E-state index contributed by atoms with van der Waals surface area (Å²) in [7, 11) is 0. The van der Waals surface area contributed by atoms with Crippen LogP contribution in [0.25, 0.3) is 26.8 Å². The number of aromatic nitrogens is 3. The molecule has 1 aromatic carbocycles. The first-order valence-corrected chi connectivity index (χ1v) is 8.59. The molecule has 0 amide bonds. The fourth-order valence-electron chi connectivity index (χ4n) is 2.36. The third-order valence-electron chi connectivity index (χ3n) is 3.33. The molecular weight excluding hydrogens is 437 g/mol. The maximum Gasteiger partial charge on any atom is 0.281 e. The minimum atomic E-state index is -0.365. The van der Waals surface area contributed by atoms with Crippen molar-refractivity contribution in [2.24, 2.45) is 0 Å². The van der Waals surface area contributed by atoms with E-state index in [1.54, 1.807) is 6.07 Å². The van der Waals surface area contributed by atoms with E-state index in [0.29, 0.717) is 21.8 Å². The highest BCUT2D eigenvalue weighted by molar-refractivity contribution is 9.11. The van der Waals surface area contributed by atoms with Gasteiger partial charge < -0.3 is 0 Å². The van der Waals surface area contributed by atoms with E-state index < -0.39 is 0 Å². The summed E-state index contributed by atoms with van der Waals surface area (Å²) in [5.74, 6) is -0.365. The Labute approximate surface area is 143 Å². The van der Waals surface area contributed by atoms with Crippen LogP contribution in [0.5, 0.6) is 0 Å². The second kappa shape index (κ2) is 5.00. The first-order valence-electron chi connectivity index (χ1n) is 6.19. The van der Waals surface area contributed by atoms with Crippen molar-refractivity contribution >= 4 is 65.0 Å². The number of rotatable bonds is 1. The van der Waals surface area contributed by atoms with Crippen LogP contribution in [0, 0.1) is 5.82 Å². The predicted octanol–water partition coefficient (Wildman–Crippen LogP) is 4.59. The highest BCUT2D eigenvalue weighted by Gasteiger charge is 2.16. The van der Waals surface area contributed by atoms with Crippen LogP contribution in [-0.2, 0) is 0 Å². The molecule has 0 aliphatic rings. The van der Waals surface area contributed by atoms with Crippen LogP contribution in [0.4, 0.5) is 4.39 Å². The molecule has 110 valence electrons. The van der Waals surface area contributed by atoms with Gasteiger partial charge >= 0.3 is 0 Å². The summed E-state index contributed by atoms with van der Waals surface area (Å²) >= 11 is 8.24. The molecule has 0 saturated heterocycles. The van der Waals surface area contributed by atoms with Crippen molar-refractivity contribution in [2.75, 3.05) is 0 Å². The van der Waals surface area contributed by atoms with E-state index >= 15 is 0 Å². The van der Waals surface area contributed by atoms with Gasteiger partial charge in [-0.3, -0.25) is 14.9 Å². The number of hydrogen-bond acceptors (Lipinski definition) is 3. The molecule has 4 nitrogen and oxygen atoms in total. The molecule has 4 rings (SSSR count). The molecule has 0 fully saturated rings. The lowest BCUT2D eigenvalue weighted by atomic mass is 10.2. The number of H-pyrrole nitrogens is 1. The molecule has 0 aliphatic heterocycles. The van der Waals surface area contributed by atoms with Crippen molar-refractivity contribution < 1.29 is 4.39 Å². The Bertz CT molecular complexity index is 1100. The van der Waals surface area contributed by atoms with Gasteiger partial charge in [0.25, 0.3) is 5.56 Å². The summed E-state index contributed by atoms with van der Waals surface area (Å²) in [4.78, 5) is 16.8. The Hall–Kier alpha value is -1.51. The molecule has 3 aromatic heterocycles. The van der Waals surface area contributed by atoms with Gasteiger partial charge in [0.05, 0.1) is 24.7 Å². The normalized spacial score (nSPS) is 11.6. The standard InChI is InChI=1S/C14H6Br2FN3OS/c15-9-4-11(16)22-14(9)20-13(21)8-5-18-10-2-1-6(17)3-7(10)12(8)19-20/h1-5,19H. The number of nitrogens with zero attached hydrogens (tertiary/aromatic N) is 2. The van der Waals surface area contributed by atoms with Crippen LogP contribution in [0.3, 0.4) is 0 Å². The van der Waals surface area contributed by atoms with E-state index in [2.05, 4.69) is 41.9 Å². The summed E-state index contributed by atoms with van der Waals surface area (Å²) in [6, 6.07) is 6.19. The van der Waals surface area contributed by atoms with Crippen molar-refractivity contribution in [3.63, 3.8) is 0 Å². The predicted molar refractivity (Wildman–Crippen MR) is 92.4 cm³/mol. The van der Waals surface area contributed by atoms with Crippen LogP contribution < -0.4 is 5.56 Å². The second-order valence-electron chi connectivity index (χ2n) is 4.66. The highest BCUT2D eigenvalue weighted by Crippen LogP contribution is 2.34. The van der Waals surface area contributed by atoms with E-state index in [-0.39, 0.29) is 11.4 Å². The minimum Gasteiger partial charge on any atom is -0.289 e. The third kappa shape index (κ3) is 2.05. The third-order valence-corrected chi connectivity index (χ3v) is 5.82. The number of thiophene rings is 1. The van der Waals surface area contributed by atoms with Crippen LogP contribution in [0.15, 0.2) is 43.5 Å². The number of halogens is 3. The van der Waals surface area contributed by atoms with Crippen molar-refractivity contribution in [1.29, 1.82) is 0 Å². The van der Waals surface area contributed by atoms with E-state index in [4.69, 9.17) is 0 Å². The van der Waals surface area contributed by atoms with Gasteiger partial charge in [0.2, 0.25) is 0 Å². The fourth-order valence-corrected chi connectivity index (χ4v) is 4.89. The van der Waals surface area contributed by atoms with Gasteiger partial charge in [-0.25, -0.2) is 9.07 Å². The van der Waals surface area contributed by atoms with E-state index in [9.17, 15) is 9.18 Å². The van der Waals surface area contributed by atoms with E-state index in [0.717, 1.165) is 13.3 Å². The summed E-state index contributed by atoms with van der Waals surface area (Å²) in [5.41, 5.74) is 0.989. The average molecular weight is 443 g/mol. The molecule has 0 spiro atoms. The van der Waals surface area contributed by atoms with Crippen LogP contribution in [0.2, 0.25) is 0 Å². The Morgan fingerprint density at radius 1 is 1.23 bits per heavy atom. The summed E-state index contributed by atoms with van der Waals surface area (Å²) in [6.45, 7) is 0. The first kappa shape index (κ1) is 14.1. The zero-order valence-electron chi connectivity index (χ0n) is 10.7. The van der Waals surface area contributed by atoms with Gasteiger partial charge in [0.15, 0.2) is 0 Å². The molecule has 0 aliphatic carbocycles. The van der Waals surface area contributed by atoms with Gasteiger partial charge in [0.1, 0.15) is 10.8 Å². The maximum atomic E-state index is 13.5. The largest absolute Gasteiger partial charge is 0.289 e. The quantitative estimate of drug-likeness (QED) is 0.468. The molecule has 3 heterocycles. The van der Waals surface area contributed by atoms with Gasteiger partial charge in [-0.1, -0.05) is 0 Å². The van der Waals surface area contributed by atoms with Gasteiger partial charge in [-0.15, -0.1) is 11.3 Å². The summed E-state index contributed by atoms with van der Waals surface area (Å²) < 4.78 is 16.7. The SMILES string of the molecule is O=c1c2cnc3ccc(F)cc3c2[nH]n1-c1sc(Br)cc1Br. The lowest BCUT2D eigenvalue weighted by molar-refractivity contribution is 0.629. The van der Waals surface area contributed by atoms with Crippen molar-refractivity contribution in [3.8, 4) is 5.00 Å². The summed E-state index contributed by atoms with van der Waals surface area (Å²) in [5, 5.41) is 4.79. The lowest BCUT2D eigenvalue weighted by Gasteiger charge is -1.99. The number of pyridine rings is 1. The van der Waals surface area contributed by atoms with Crippen LogP contribution in [-0.4, -0.2) is 14.8 Å². The number of benzene rings is 1. The molecule has 1 N–H and O–H groups in total. The number of aromatic amines is 1. The van der Waals surface area contributed by atoms with Crippen molar-refractivity contribution in [2.45, 2.75) is 0 Å². The Morgan fingerprint density at radius 2 is 2.05 bits per heavy atom. The molecule has 8 heteroatoms. The van der Waals surface area contributed by atoms with Gasteiger partial charge in [-0.2, -0.15) is 0 Å². The Kier molecular flexibility index (Phi) is 3.21. The number of fused-ring (bicyclic) bond motifs is 3. The number of hydrogen-bond donors (Lipinski definition) is 1. The Balaban J connectivity index is 2.12. The van der Waals surface area contributed by atoms with Crippen molar-refractivity contribution in [1.82, 2.24) is 14.8 Å². The maximum absolute atomic E-state index is 13.5. The molecule has 0 unspecified atom stereocenters. The fraction of sp³-hybridized carbons (Fsp3) is 0. The smallest absolute Gasteiger partial charge is 0.281 e.